The number of nitrogen functional groups attached to an aromatic ring is 1. The van der Waals surface area contributed by atoms with Crippen molar-refractivity contribution in [2.24, 2.45) is 0 Å². The van der Waals surface area contributed by atoms with Crippen LogP contribution in [0.25, 0.3) is 10.9 Å². The molecule has 5 N–H and O–H groups in total. The van der Waals surface area contributed by atoms with Crippen molar-refractivity contribution in [1.82, 2.24) is 24.9 Å². The molecule has 20 heavy (non-hydrogen) atoms. The van der Waals surface area contributed by atoms with E-state index in [-0.39, 0.29) is 11.4 Å². The van der Waals surface area contributed by atoms with Crippen LogP contribution < -0.4 is 10.5 Å². The average molecular weight is 292 g/mol. The zero-order valence-electron chi connectivity index (χ0n) is 10.3. The lowest BCUT2D eigenvalue weighted by Gasteiger charge is -2.04. The average Bonchev–Trinajstić information content (AvgIpc) is 3.05. The van der Waals surface area contributed by atoms with E-state index < -0.39 is 10.0 Å². The van der Waals surface area contributed by atoms with E-state index in [4.69, 9.17) is 5.73 Å². The van der Waals surface area contributed by atoms with Crippen LogP contribution in [-0.4, -0.2) is 28.6 Å². The van der Waals surface area contributed by atoms with Gasteiger partial charge in [-0.05, 0) is 18.2 Å². The Morgan fingerprint density at radius 1 is 1.35 bits per heavy atom. The summed E-state index contributed by atoms with van der Waals surface area (Å²) in [6, 6.07) is 5.06. The summed E-state index contributed by atoms with van der Waals surface area (Å²) in [4.78, 5) is 6.91. The Hall–Kier alpha value is -2.39. The Balaban J connectivity index is 1.94. The minimum Gasteiger partial charge on any atom is -0.399 e. The SMILES string of the molecule is Nc1ccc2[nH]cc(S(=O)(=O)NCc3ncn[nH]3)c2c1. The molecule has 0 saturated heterocycles. The van der Waals surface area contributed by atoms with Crippen LogP contribution >= 0.6 is 0 Å². The first-order valence-electron chi connectivity index (χ1n) is 5.77. The van der Waals surface area contributed by atoms with Crippen LogP contribution in [-0.2, 0) is 16.6 Å². The van der Waals surface area contributed by atoms with E-state index in [0.717, 1.165) is 0 Å². The molecule has 0 aliphatic rings. The van der Waals surface area contributed by atoms with Crippen LogP contribution in [0.1, 0.15) is 5.82 Å². The Labute approximate surface area is 114 Å². The second kappa shape index (κ2) is 4.62. The molecule has 0 amide bonds. The highest BCUT2D eigenvalue weighted by Gasteiger charge is 2.19. The quantitative estimate of drug-likeness (QED) is 0.515. The van der Waals surface area contributed by atoms with E-state index in [9.17, 15) is 8.42 Å². The summed E-state index contributed by atoms with van der Waals surface area (Å²) in [5.41, 5.74) is 6.91. The largest absolute Gasteiger partial charge is 0.399 e. The van der Waals surface area contributed by atoms with Crippen LogP contribution in [0, 0.1) is 0 Å². The van der Waals surface area contributed by atoms with Gasteiger partial charge in [-0.25, -0.2) is 18.1 Å². The van der Waals surface area contributed by atoms with Crippen molar-refractivity contribution in [2.45, 2.75) is 11.4 Å². The van der Waals surface area contributed by atoms with Gasteiger partial charge in [-0.2, -0.15) is 5.10 Å². The number of rotatable bonds is 4. The van der Waals surface area contributed by atoms with Gasteiger partial charge in [-0.3, -0.25) is 5.10 Å². The Bertz CT molecular complexity index is 837. The van der Waals surface area contributed by atoms with Gasteiger partial charge in [0.05, 0.1) is 6.54 Å². The van der Waals surface area contributed by atoms with E-state index in [0.29, 0.717) is 22.4 Å². The molecule has 0 unspecified atom stereocenters. The molecule has 0 atom stereocenters. The Morgan fingerprint density at radius 2 is 2.20 bits per heavy atom. The van der Waals surface area contributed by atoms with Crippen LogP contribution in [0.2, 0.25) is 0 Å². The molecule has 2 aromatic heterocycles. The van der Waals surface area contributed by atoms with E-state index in [1.807, 2.05) is 0 Å². The molecule has 0 bridgehead atoms. The number of nitrogens with one attached hydrogen (secondary N) is 3. The van der Waals surface area contributed by atoms with E-state index in [1.165, 1.54) is 12.5 Å². The number of benzene rings is 1. The third-order valence-corrected chi connectivity index (χ3v) is 4.29. The van der Waals surface area contributed by atoms with Gasteiger partial charge in [0.15, 0.2) is 0 Å². The van der Waals surface area contributed by atoms with Crippen molar-refractivity contribution in [3.05, 3.63) is 36.5 Å². The molecule has 104 valence electrons. The summed E-state index contributed by atoms with van der Waals surface area (Å²) in [7, 11) is -3.66. The molecular weight excluding hydrogens is 280 g/mol. The lowest BCUT2D eigenvalue weighted by molar-refractivity contribution is 0.580. The number of aromatic amines is 2. The highest BCUT2D eigenvalue weighted by molar-refractivity contribution is 7.89. The normalized spacial score (nSPS) is 12.0. The summed E-state index contributed by atoms with van der Waals surface area (Å²) in [6.45, 7) is 0.0390. The van der Waals surface area contributed by atoms with Crippen LogP contribution in [0.15, 0.2) is 35.6 Å². The molecule has 2 heterocycles. The molecule has 0 aliphatic carbocycles. The number of sulfonamides is 1. The molecule has 3 rings (SSSR count). The molecule has 3 aromatic rings. The van der Waals surface area contributed by atoms with Crippen LogP contribution in [0.3, 0.4) is 0 Å². The van der Waals surface area contributed by atoms with Crippen molar-refractivity contribution in [3.8, 4) is 0 Å². The van der Waals surface area contributed by atoms with E-state index >= 15 is 0 Å². The number of fused-ring (bicyclic) bond motifs is 1. The second-order valence-electron chi connectivity index (χ2n) is 4.21. The van der Waals surface area contributed by atoms with Gasteiger partial charge < -0.3 is 10.7 Å². The number of anilines is 1. The third kappa shape index (κ3) is 2.24. The first-order chi connectivity index (χ1) is 9.56. The van der Waals surface area contributed by atoms with Crippen LogP contribution in [0.4, 0.5) is 5.69 Å². The summed E-state index contributed by atoms with van der Waals surface area (Å²) in [5, 5.41) is 6.79. The van der Waals surface area contributed by atoms with Gasteiger partial charge in [0.2, 0.25) is 10.0 Å². The van der Waals surface area contributed by atoms with Crippen molar-refractivity contribution >= 4 is 26.6 Å². The first kappa shape index (κ1) is 12.6. The number of H-pyrrole nitrogens is 2. The molecule has 0 fully saturated rings. The summed E-state index contributed by atoms with van der Waals surface area (Å²) >= 11 is 0. The fourth-order valence-corrected chi connectivity index (χ4v) is 3.05. The molecule has 9 heteroatoms. The van der Waals surface area contributed by atoms with Gasteiger partial charge in [0.25, 0.3) is 0 Å². The van der Waals surface area contributed by atoms with Gasteiger partial charge >= 0.3 is 0 Å². The highest BCUT2D eigenvalue weighted by atomic mass is 32.2. The second-order valence-corrected chi connectivity index (χ2v) is 5.95. The fraction of sp³-hybridized carbons (Fsp3) is 0.0909. The lowest BCUT2D eigenvalue weighted by Crippen LogP contribution is -2.23. The standard InChI is InChI=1S/C11H12N6O2S/c12-7-1-2-9-8(3-7)10(4-13-9)20(18,19)16-5-11-14-6-15-17-11/h1-4,6,13,16H,5,12H2,(H,14,15,17). The minimum absolute atomic E-state index is 0.0390. The summed E-state index contributed by atoms with van der Waals surface area (Å²) in [5.74, 6) is 0.438. The molecule has 0 spiro atoms. The third-order valence-electron chi connectivity index (χ3n) is 2.85. The molecule has 1 aromatic carbocycles. The first-order valence-corrected chi connectivity index (χ1v) is 7.25. The number of hydrogen-bond donors (Lipinski definition) is 4. The van der Waals surface area contributed by atoms with Crippen molar-refractivity contribution in [1.29, 1.82) is 0 Å². The van der Waals surface area contributed by atoms with E-state index in [1.54, 1.807) is 18.2 Å². The van der Waals surface area contributed by atoms with Gasteiger partial charge in [0.1, 0.15) is 17.0 Å². The van der Waals surface area contributed by atoms with Gasteiger partial charge in [0, 0.05) is 22.8 Å². The Kier molecular flexibility index (Phi) is 2.92. The van der Waals surface area contributed by atoms with Crippen molar-refractivity contribution < 1.29 is 8.42 Å². The lowest BCUT2D eigenvalue weighted by atomic mass is 10.2. The highest BCUT2D eigenvalue weighted by Crippen LogP contribution is 2.24. The molecule has 8 nitrogen and oxygen atoms in total. The number of hydrogen-bond acceptors (Lipinski definition) is 5. The molecule has 0 radical (unpaired) electrons. The zero-order valence-corrected chi connectivity index (χ0v) is 11.1. The monoisotopic (exact) mass is 292 g/mol. The topological polar surface area (TPSA) is 130 Å². The predicted octanol–water partition coefficient (Wildman–Crippen LogP) is 0.347. The number of aromatic nitrogens is 4. The maximum Gasteiger partial charge on any atom is 0.243 e. The Morgan fingerprint density at radius 3 is 2.95 bits per heavy atom. The number of nitrogens with two attached hydrogens (primary N) is 1. The molecule has 0 saturated carbocycles. The summed E-state index contributed by atoms with van der Waals surface area (Å²) < 4.78 is 27.0. The molecule has 0 aliphatic heterocycles. The predicted molar refractivity (Wildman–Crippen MR) is 73.1 cm³/mol. The zero-order chi connectivity index (χ0) is 14.2. The summed E-state index contributed by atoms with van der Waals surface area (Å²) in [6.07, 6.45) is 2.75. The molecular formula is C11H12N6O2S. The maximum atomic E-state index is 12.3. The van der Waals surface area contributed by atoms with Gasteiger partial charge in [-0.1, -0.05) is 0 Å². The van der Waals surface area contributed by atoms with Gasteiger partial charge in [-0.15, -0.1) is 0 Å². The fourth-order valence-electron chi connectivity index (χ4n) is 1.89. The van der Waals surface area contributed by atoms with Crippen molar-refractivity contribution in [3.63, 3.8) is 0 Å². The minimum atomic E-state index is -3.66. The maximum absolute atomic E-state index is 12.3. The van der Waals surface area contributed by atoms with Crippen LogP contribution in [0.5, 0.6) is 0 Å². The smallest absolute Gasteiger partial charge is 0.243 e. The number of nitrogens with zero attached hydrogens (tertiary/aromatic N) is 2. The van der Waals surface area contributed by atoms with E-state index in [2.05, 4.69) is 24.9 Å². The van der Waals surface area contributed by atoms with Crippen molar-refractivity contribution in [2.75, 3.05) is 5.73 Å².